The summed E-state index contributed by atoms with van der Waals surface area (Å²) in [6.07, 6.45) is 14.5. The Morgan fingerprint density at radius 1 is 0.929 bits per heavy atom. The second-order valence-corrected chi connectivity index (χ2v) is 12.1. The molecule has 0 aromatic heterocycles. The number of piperidine rings is 1. The quantitative estimate of drug-likeness (QED) is 0.566. The van der Waals surface area contributed by atoms with Crippen molar-refractivity contribution in [2.45, 2.75) is 111 Å². The van der Waals surface area contributed by atoms with Crippen LogP contribution < -0.4 is 5.32 Å². The number of carbonyl (C=O) groups excluding carboxylic acids is 1. The molecule has 28 heavy (non-hydrogen) atoms. The summed E-state index contributed by atoms with van der Waals surface area (Å²) >= 11 is 0. The standard InChI is InChI=1S/C26H45NO/c1-17(2)7-6-8-18(3)20-10-11-21-19-9-12-23-26(5,16-14-24(28)27-23)22(19)13-15-25(20,21)4/h17-23H,6-16H2,1-5H3,(H,27,28)/t18?,19?,20?,21?,22?,23?,25-,26-/m1/s1. The van der Waals surface area contributed by atoms with Crippen molar-refractivity contribution in [3.05, 3.63) is 0 Å². The van der Waals surface area contributed by atoms with E-state index in [1.54, 1.807) is 0 Å². The van der Waals surface area contributed by atoms with E-state index in [1.807, 2.05) is 0 Å². The Morgan fingerprint density at radius 3 is 2.43 bits per heavy atom. The first-order valence-electron chi connectivity index (χ1n) is 12.5. The van der Waals surface area contributed by atoms with Gasteiger partial charge in [0.15, 0.2) is 0 Å². The molecule has 0 aromatic rings. The molecule has 3 aliphatic carbocycles. The van der Waals surface area contributed by atoms with Crippen molar-refractivity contribution in [2.75, 3.05) is 0 Å². The van der Waals surface area contributed by atoms with Gasteiger partial charge in [-0.25, -0.2) is 0 Å². The van der Waals surface area contributed by atoms with Gasteiger partial charge < -0.3 is 5.32 Å². The summed E-state index contributed by atoms with van der Waals surface area (Å²) in [7, 11) is 0. The van der Waals surface area contributed by atoms with Crippen molar-refractivity contribution in [3.63, 3.8) is 0 Å². The van der Waals surface area contributed by atoms with E-state index in [0.717, 1.165) is 48.3 Å². The summed E-state index contributed by atoms with van der Waals surface area (Å²) in [4.78, 5) is 12.0. The molecule has 1 saturated heterocycles. The molecule has 4 rings (SSSR count). The van der Waals surface area contributed by atoms with E-state index in [-0.39, 0.29) is 0 Å². The summed E-state index contributed by atoms with van der Waals surface area (Å²) in [6, 6.07) is 0.450. The fourth-order valence-electron chi connectivity index (χ4n) is 8.73. The van der Waals surface area contributed by atoms with Crippen molar-refractivity contribution in [1.82, 2.24) is 5.32 Å². The second-order valence-electron chi connectivity index (χ2n) is 12.1. The maximum atomic E-state index is 12.0. The highest BCUT2D eigenvalue weighted by atomic mass is 16.1. The van der Waals surface area contributed by atoms with Crippen molar-refractivity contribution in [2.24, 2.45) is 46.3 Å². The van der Waals surface area contributed by atoms with Gasteiger partial charge in [-0.1, -0.05) is 53.9 Å². The van der Waals surface area contributed by atoms with Crippen molar-refractivity contribution in [3.8, 4) is 0 Å². The molecule has 1 N–H and O–H groups in total. The molecule has 1 heterocycles. The van der Waals surface area contributed by atoms with Crippen LogP contribution in [0.3, 0.4) is 0 Å². The Hall–Kier alpha value is -0.530. The number of hydrogen-bond acceptors (Lipinski definition) is 1. The zero-order valence-electron chi connectivity index (χ0n) is 19.2. The van der Waals surface area contributed by atoms with Gasteiger partial charge in [0.25, 0.3) is 0 Å². The van der Waals surface area contributed by atoms with Crippen LogP contribution in [-0.2, 0) is 4.79 Å². The molecule has 3 saturated carbocycles. The van der Waals surface area contributed by atoms with Crippen LogP contribution in [0.5, 0.6) is 0 Å². The van der Waals surface area contributed by atoms with Crippen molar-refractivity contribution < 1.29 is 4.79 Å². The number of amides is 1. The van der Waals surface area contributed by atoms with Crippen LogP contribution in [-0.4, -0.2) is 11.9 Å². The van der Waals surface area contributed by atoms with Crippen molar-refractivity contribution in [1.29, 1.82) is 0 Å². The van der Waals surface area contributed by atoms with Crippen LogP contribution in [0.2, 0.25) is 0 Å². The Balaban J connectivity index is 1.47. The highest BCUT2D eigenvalue weighted by molar-refractivity contribution is 5.77. The average molecular weight is 388 g/mol. The van der Waals surface area contributed by atoms with Crippen LogP contribution in [0.25, 0.3) is 0 Å². The molecule has 2 heteroatoms. The number of hydrogen-bond donors (Lipinski definition) is 1. The number of rotatable bonds is 5. The molecular weight excluding hydrogens is 342 g/mol. The zero-order valence-corrected chi connectivity index (χ0v) is 19.2. The first-order chi connectivity index (χ1) is 13.3. The number of carbonyl (C=O) groups is 1. The van der Waals surface area contributed by atoms with E-state index >= 15 is 0 Å². The molecule has 6 unspecified atom stereocenters. The first-order valence-corrected chi connectivity index (χ1v) is 12.5. The lowest BCUT2D eigenvalue weighted by molar-refractivity contribution is -0.137. The molecule has 8 atom stereocenters. The first kappa shape index (κ1) is 20.7. The molecule has 1 aliphatic heterocycles. The largest absolute Gasteiger partial charge is 0.353 e. The van der Waals surface area contributed by atoms with E-state index in [0.29, 0.717) is 22.8 Å². The third kappa shape index (κ3) is 3.35. The van der Waals surface area contributed by atoms with Gasteiger partial charge >= 0.3 is 0 Å². The molecular formula is C26H45NO. The van der Waals surface area contributed by atoms with Crippen LogP contribution >= 0.6 is 0 Å². The van der Waals surface area contributed by atoms with Crippen LogP contribution in [0.4, 0.5) is 0 Å². The fourth-order valence-corrected chi connectivity index (χ4v) is 8.73. The van der Waals surface area contributed by atoms with E-state index in [1.165, 1.54) is 57.8 Å². The molecule has 0 spiro atoms. The molecule has 0 aromatic carbocycles. The number of nitrogens with one attached hydrogen (secondary N) is 1. The second kappa shape index (κ2) is 7.62. The Kier molecular flexibility index (Phi) is 5.64. The maximum Gasteiger partial charge on any atom is 0.220 e. The van der Waals surface area contributed by atoms with E-state index in [4.69, 9.17) is 0 Å². The highest BCUT2D eigenvalue weighted by Gasteiger charge is 2.60. The number of fused-ring (bicyclic) bond motifs is 5. The smallest absolute Gasteiger partial charge is 0.220 e. The lowest BCUT2D eigenvalue weighted by Gasteiger charge is -2.60. The monoisotopic (exact) mass is 387 g/mol. The highest BCUT2D eigenvalue weighted by Crippen LogP contribution is 2.66. The van der Waals surface area contributed by atoms with E-state index in [9.17, 15) is 4.79 Å². The van der Waals surface area contributed by atoms with Crippen LogP contribution in [0.15, 0.2) is 0 Å². The van der Waals surface area contributed by atoms with Gasteiger partial charge in [0.1, 0.15) is 0 Å². The summed E-state index contributed by atoms with van der Waals surface area (Å²) < 4.78 is 0. The topological polar surface area (TPSA) is 29.1 Å². The summed E-state index contributed by atoms with van der Waals surface area (Å²) in [5.74, 6) is 5.70. The predicted molar refractivity (Wildman–Crippen MR) is 117 cm³/mol. The third-order valence-corrected chi connectivity index (χ3v) is 10.3. The molecule has 0 radical (unpaired) electrons. The molecule has 0 bridgehead atoms. The zero-order chi connectivity index (χ0) is 20.1. The molecule has 4 aliphatic rings. The van der Waals surface area contributed by atoms with Gasteiger partial charge in [-0.05, 0) is 91.3 Å². The summed E-state index contributed by atoms with van der Waals surface area (Å²) in [5.41, 5.74) is 0.943. The van der Waals surface area contributed by atoms with Gasteiger partial charge in [-0.3, -0.25) is 4.79 Å². The third-order valence-electron chi connectivity index (χ3n) is 10.3. The molecule has 4 fully saturated rings. The SMILES string of the molecule is CC(C)CCCC(C)C1CCC2C3CCC4NC(=O)CC[C@]4(C)C3CC[C@]12C. The molecule has 160 valence electrons. The summed E-state index contributed by atoms with van der Waals surface area (Å²) in [5, 5.41) is 3.38. The van der Waals surface area contributed by atoms with Crippen LogP contribution in [0, 0.1) is 46.3 Å². The minimum atomic E-state index is 0.303. The van der Waals surface area contributed by atoms with Crippen LogP contribution in [0.1, 0.15) is 105 Å². The Labute approximate surface area is 174 Å². The lowest BCUT2D eigenvalue weighted by atomic mass is 9.46. The molecule has 1 amide bonds. The normalized spacial score (nSPS) is 46.5. The average Bonchev–Trinajstić information content (AvgIpc) is 2.99. The van der Waals surface area contributed by atoms with Gasteiger partial charge in [0, 0.05) is 12.5 Å². The van der Waals surface area contributed by atoms with Gasteiger partial charge in [0.05, 0.1) is 0 Å². The molecule has 2 nitrogen and oxygen atoms in total. The maximum absolute atomic E-state index is 12.0. The lowest BCUT2D eigenvalue weighted by Crippen LogP contribution is -2.61. The Bertz CT molecular complexity index is 585. The minimum absolute atomic E-state index is 0.303. The summed E-state index contributed by atoms with van der Waals surface area (Å²) in [6.45, 7) is 12.5. The predicted octanol–water partition coefficient (Wildman–Crippen LogP) is 6.59. The van der Waals surface area contributed by atoms with Gasteiger partial charge in [-0.15, -0.1) is 0 Å². The Morgan fingerprint density at radius 2 is 1.68 bits per heavy atom. The van der Waals surface area contributed by atoms with E-state index in [2.05, 4.69) is 39.9 Å². The van der Waals surface area contributed by atoms with Gasteiger partial charge in [0.2, 0.25) is 5.91 Å². The van der Waals surface area contributed by atoms with Gasteiger partial charge in [-0.2, -0.15) is 0 Å². The van der Waals surface area contributed by atoms with Crippen molar-refractivity contribution >= 4 is 5.91 Å². The minimum Gasteiger partial charge on any atom is -0.353 e. The fraction of sp³-hybridized carbons (Fsp3) is 0.962. The van der Waals surface area contributed by atoms with E-state index < -0.39 is 0 Å².